The van der Waals surface area contributed by atoms with Gasteiger partial charge in [-0.05, 0) is 48.3 Å². The van der Waals surface area contributed by atoms with Crippen molar-refractivity contribution in [2.75, 3.05) is 11.4 Å². The molecule has 0 bridgehead atoms. The molecule has 0 aromatic carbocycles. The van der Waals surface area contributed by atoms with Crippen molar-refractivity contribution in [3.05, 3.63) is 16.1 Å². The Morgan fingerprint density at radius 3 is 3.12 bits per heavy atom. The normalized spacial score (nSPS) is 21.1. The maximum absolute atomic E-state index is 4.44. The van der Waals surface area contributed by atoms with Gasteiger partial charge in [0.05, 0.1) is 3.57 Å². The summed E-state index contributed by atoms with van der Waals surface area (Å²) in [5.41, 5.74) is 0. The fraction of sp³-hybridized carbons (Fsp3) is 0.667. The van der Waals surface area contributed by atoms with E-state index in [0.717, 1.165) is 12.4 Å². The lowest BCUT2D eigenvalue weighted by Gasteiger charge is -2.37. The van der Waals surface area contributed by atoms with Crippen molar-refractivity contribution in [3.8, 4) is 0 Å². The molecule has 0 N–H and O–H groups in total. The van der Waals surface area contributed by atoms with Crippen LogP contribution in [0.2, 0.25) is 0 Å². The van der Waals surface area contributed by atoms with Crippen LogP contribution >= 0.6 is 22.6 Å². The van der Waals surface area contributed by atoms with Crippen molar-refractivity contribution < 1.29 is 0 Å². The molecule has 0 spiro atoms. The molecule has 0 radical (unpaired) electrons. The maximum Gasteiger partial charge on any atom is 0.145 e. The van der Waals surface area contributed by atoms with Crippen molar-refractivity contribution in [1.82, 2.24) is 9.97 Å². The first kappa shape index (κ1) is 12.1. The summed E-state index contributed by atoms with van der Waals surface area (Å²) in [6, 6.07) is 0.683. The summed E-state index contributed by atoms with van der Waals surface area (Å²) in [5.74, 6) is 1.13. The van der Waals surface area contributed by atoms with Gasteiger partial charge in [0.2, 0.25) is 0 Å². The molecule has 2 heterocycles. The molecule has 1 aromatic heterocycles. The predicted octanol–water partition coefficient (Wildman–Crippen LogP) is 3.24. The number of nitrogens with zero attached hydrogens (tertiary/aromatic N) is 3. The molecule has 16 heavy (non-hydrogen) atoms. The second-order valence-electron chi connectivity index (χ2n) is 4.33. The summed E-state index contributed by atoms with van der Waals surface area (Å²) in [4.78, 5) is 11.0. The Morgan fingerprint density at radius 2 is 2.38 bits per heavy atom. The maximum atomic E-state index is 4.44. The topological polar surface area (TPSA) is 29.0 Å². The lowest BCUT2D eigenvalue weighted by atomic mass is 9.98. The van der Waals surface area contributed by atoms with Crippen LogP contribution in [0.15, 0.2) is 12.5 Å². The molecule has 1 unspecified atom stereocenters. The Bertz CT molecular complexity index is 341. The third-order valence-corrected chi connectivity index (χ3v) is 3.93. The van der Waals surface area contributed by atoms with Crippen molar-refractivity contribution >= 4 is 28.4 Å². The minimum absolute atomic E-state index is 0.683. The molecule has 1 fully saturated rings. The van der Waals surface area contributed by atoms with E-state index in [1.165, 1.54) is 35.7 Å². The zero-order valence-corrected chi connectivity index (χ0v) is 11.9. The Hall–Kier alpha value is -0.390. The van der Waals surface area contributed by atoms with Gasteiger partial charge >= 0.3 is 0 Å². The minimum Gasteiger partial charge on any atom is -0.353 e. The molecule has 1 aliphatic rings. The van der Waals surface area contributed by atoms with E-state index in [0.29, 0.717) is 6.04 Å². The van der Waals surface area contributed by atoms with E-state index in [1.54, 1.807) is 6.33 Å². The van der Waals surface area contributed by atoms with Crippen LogP contribution in [0.3, 0.4) is 0 Å². The van der Waals surface area contributed by atoms with Crippen molar-refractivity contribution in [2.24, 2.45) is 0 Å². The average Bonchev–Trinajstić information content (AvgIpc) is 2.31. The average molecular weight is 331 g/mol. The highest BCUT2D eigenvalue weighted by Gasteiger charge is 2.24. The summed E-state index contributed by atoms with van der Waals surface area (Å²) >= 11 is 2.33. The molecule has 0 amide bonds. The highest BCUT2D eigenvalue weighted by atomic mass is 127. The smallest absolute Gasteiger partial charge is 0.145 e. The van der Waals surface area contributed by atoms with Gasteiger partial charge in [-0.15, -0.1) is 0 Å². The summed E-state index contributed by atoms with van der Waals surface area (Å²) in [6.45, 7) is 3.41. The van der Waals surface area contributed by atoms with Crippen LogP contribution in [0.25, 0.3) is 0 Å². The van der Waals surface area contributed by atoms with Crippen LogP contribution in [0, 0.1) is 3.57 Å². The quantitative estimate of drug-likeness (QED) is 0.797. The van der Waals surface area contributed by atoms with Crippen molar-refractivity contribution in [1.29, 1.82) is 0 Å². The fourth-order valence-electron chi connectivity index (χ4n) is 2.43. The van der Waals surface area contributed by atoms with Crippen molar-refractivity contribution in [2.45, 2.75) is 45.1 Å². The molecule has 1 aromatic rings. The van der Waals surface area contributed by atoms with Gasteiger partial charge in [0.25, 0.3) is 0 Å². The molecule has 1 atom stereocenters. The van der Waals surface area contributed by atoms with E-state index >= 15 is 0 Å². The first-order valence-electron chi connectivity index (χ1n) is 6.05. The molecule has 1 saturated heterocycles. The highest BCUT2D eigenvalue weighted by Crippen LogP contribution is 2.28. The second-order valence-corrected chi connectivity index (χ2v) is 5.49. The van der Waals surface area contributed by atoms with Gasteiger partial charge < -0.3 is 4.90 Å². The van der Waals surface area contributed by atoms with Crippen LogP contribution in [0.4, 0.5) is 5.82 Å². The molecular formula is C12H18IN3. The zero-order valence-electron chi connectivity index (χ0n) is 9.69. The van der Waals surface area contributed by atoms with Crippen molar-refractivity contribution in [3.63, 3.8) is 0 Å². The van der Waals surface area contributed by atoms with Gasteiger partial charge in [-0.2, -0.15) is 0 Å². The SMILES string of the molecule is CCCC1CCCCN1c1ncncc1I. The van der Waals surface area contributed by atoms with Crippen LogP contribution in [-0.2, 0) is 0 Å². The van der Waals surface area contributed by atoms with Gasteiger partial charge in [-0.1, -0.05) is 13.3 Å². The number of piperidine rings is 1. The van der Waals surface area contributed by atoms with E-state index in [-0.39, 0.29) is 0 Å². The molecule has 0 saturated carbocycles. The first-order chi connectivity index (χ1) is 7.83. The Labute approximate surface area is 111 Å². The van der Waals surface area contributed by atoms with Gasteiger partial charge in [-0.25, -0.2) is 9.97 Å². The Balaban J connectivity index is 2.19. The van der Waals surface area contributed by atoms with E-state index in [2.05, 4.69) is 44.4 Å². The lowest BCUT2D eigenvalue weighted by molar-refractivity contribution is 0.431. The number of hydrogen-bond donors (Lipinski definition) is 0. The van der Waals surface area contributed by atoms with Crippen LogP contribution in [0.1, 0.15) is 39.0 Å². The molecule has 88 valence electrons. The fourth-order valence-corrected chi connectivity index (χ4v) is 3.04. The molecule has 3 nitrogen and oxygen atoms in total. The first-order valence-corrected chi connectivity index (χ1v) is 7.13. The van der Waals surface area contributed by atoms with E-state index < -0.39 is 0 Å². The summed E-state index contributed by atoms with van der Waals surface area (Å²) in [6.07, 6.45) is 10.1. The van der Waals surface area contributed by atoms with Crippen LogP contribution in [0.5, 0.6) is 0 Å². The van der Waals surface area contributed by atoms with Gasteiger partial charge in [0, 0.05) is 18.8 Å². The monoisotopic (exact) mass is 331 g/mol. The highest BCUT2D eigenvalue weighted by molar-refractivity contribution is 14.1. The van der Waals surface area contributed by atoms with E-state index in [1.807, 2.05) is 6.20 Å². The number of anilines is 1. The van der Waals surface area contributed by atoms with Gasteiger partial charge in [-0.3, -0.25) is 0 Å². The third kappa shape index (κ3) is 2.64. The number of halogens is 1. The number of aromatic nitrogens is 2. The third-order valence-electron chi connectivity index (χ3n) is 3.17. The van der Waals surface area contributed by atoms with Gasteiger partial charge in [0.15, 0.2) is 0 Å². The Kier molecular flexibility index (Phi) is 4.37. The predicted molar refractivity (Wildman–Crippen MR) is 74.6 cm³/mol. The number of hydrogen-bond acceptors (Lipinski definition) is 3. The lowest BCUT2D eigenvalue weighted by Crippen LogP contribution is -2.40. The van der Waals surface area contributed by atoms with Crippen LogP contribution < -0.4 is 4.90 Å². The molecular weight excluding hydrogens is 313 g/mol. The zero-order chi connectivity index (χ0) is 11.4. The number of rotatable bonds is 3. The summed E-state index contributed by atoms with van der Waals surface area (Å²) < 4.78 is 1.17. The molecule has 4 heteroatoms. The second kappa shape index (κ2) is 5.80. The largest absolute Gasteiger partial charge is 0.353 e. The summed E-state index contributed by atoms with van der Waals surface area (Å²) in [7, 11) is 0. The van der Waals surface area contributed by atoms with Crippen LogP contribution in [-0.4, -0.2) is 22.6 Å². The minimum atomic E-state index is 0.683. The van der Waals surface area contributed by atoms with Gasteiger partial charge in [0.1, 0.15) is 12.1 Å². The molecule has 1 aliphatic heterocycles. The van der Waals surface area contributed by atoms with E-state index in [9.17, 15) is 0 Å². The summed E-state index contributed by atoms with van der Waals surface area (Å²) in [5, 5.41) is 0. The molecule has 2 rings (SSSR count). The standard InChI is InChI=1S/C12H18IN3/c1-2-5-10-6-3-4-7-16(10)12-11(13)8-14-9-15-12/h8-10H,2-7H2,1H3. The molecule has 0 aliphatic carbocycles. The van der Waals surface area contributed by atoms with E-state index in [4.69, 9.17) is 0 Å². The Morgan fingerprint density at radius 1 is 1.50 bits per heavy atom.